The molecular formula is C13H9F4N5O. The minimum Gasteiger partial charge on any atom is -0.493 e. The van der Waals surface area contributed by atoms with E-state index in [4.69, 9.17) is 21.5 Å². The summed E-state index contributed by atoms with van der Waals surface area (Å²) in [6.45, 7) is 0. The molecule has 0 saturated heterocycles. The van der Waals surface area contributed by atoms with Gasteiger partial charge in [-0.3, -0.25) is 0 Å². The molecule has 0 radical (unpaired) electrons. The van der Waals surface area contributed by atoms with Gasteiger partial charge in [-0.25, -0.2) is 9.37 Å². The van der Waals surface area contributed by atoms with Gasteiger partial charge in [-0.1, -0.05) is 0 Å². The lowest BCUT2D eigenvalue weighted by atomic mass is 10.0. The average Bonchev–Trinajstić information content (AvgIpc) is 2.44. The highest BCUT2D eigenvalue weighted by atomic mass is 19.4. The number of halogens is 4. The van der Waals surface area contributed by atoms with Crippen LogP contribution >= 0.6 is 0 Å². The third-order valence-corrected chi connectivity index (χ3v) is 2.93. The third-order valence-electron chi connectivity index (χ3n) is 2.93. The van der Waals surface area contributed by atoms with Crippen LogP contribution in [0.1, 0.15) is 11.1 Å². The molecule has 2 rings (SSSR count). The van der Waals surface area contributed by atoms with Crippen molar-refractivity contribution in [2.45, 2.75) is 6.18 Å². The number of nitrogens with zero attached hydrogens (tertiary/aromatic N) is 3. The molecule has 1 aromatic carbocycles. The van der Waals surface area contributed by atoms with E-state index in [1.165, 1.54) is 0 Å². The van der Waals surface area contributed by atoms with Crippen molar-refractivity contribution in [2.24, 2.45) is 0 Å². The molecule has 0 fully saturated rings. The Morgan fingerprint density at radius 1 is 1.22 bits per heavy atom. The van der Waals surface area contributed by atoms with Gasteiger partial charge >= 0.3 is 6.18 Å². The summed E-state index contributed by atoms with van der Waals surface area (Å²) in [7, 11) is 0.988. The molecule has 0 bridgehead atoms. The summed E-state index contributed by atoms with van der Waals surface area (Å²) in [6.07, 6.45) is -4.91. The number of benzene rings is 1. The van der Waals surface area contributed by atoms with Crippen LogP contribution in [0.4, 0.5) is 29.3 Å². The lowest BCUT2D eigenvalue weighted by molar-refractivity contribution is -0.140. The first-order chi connectivity index (χ1) is 10.7. The third kappa shape index (κ3) is 2.80. The van der Waals surface area contributed by atoms with Gasteiger partial charge in [0.05, 0.1) is 18.4 Å². The van der Waals surface area contributed by atoms with Crippen LogP contribution in [0.25, 0.3) is 11.3 Å². The van der Waals surface area contributed by atoms with Crippen molar-refractivity contribution >= 4 is 11.8 Å². The Kier molecular flexibility index (Phi) is 3.97. The smallest absolute Gasteiger partial charge is 0.419 e. The number of nitrogen functional groups attached to an aromatic ring is 2. The van der Waals surface area contributed by atoms with E-state index >= 15 is 0 Å². The minimum atomic E-state index is -4.91. The fourth-order valence-corrected chi connectivity index (χ4v) is 1.96. The number of anilines is 2. The second-order valence-corrected chi connectivity index (χ2v) is 4.31. The molecule has 0 unspecified atom stereocenters. The highest BCUT2D eigenvalue weighted by Crippen LogP contribution is 2.41. The zero-order valence-electron chi connectivity index (χ0n) is 11.6. The summed E-state index contributed by atoms with van der Waals surface area (Å²) in [5, 5.41) is 9.10. The van der Waals surface area contributed by atoms with E-state index in [2.05, 4.69) is 9.97 Å². The van der Waals surface area contributed by atoms with Crippen LogP contribution in [0.15, 0.2) is 12.1 Å². The molecule has 0 aliphatic rings. The van der Waals surface area contributed by atoms with E-state index in [1.807, 2.05) is 0 Å². The van der Waals surface area contributed by atoms with Crippen molar-refractivity contribution in [3.05, 3.63) is 29.1 Å². The lowest BCUT2D eigenvalue weighted by Gasteiger charge is -2.15. The van der Waals surface area contributed by atoms with Crippen LogP contribution in [0, 0.1) is 17.1 Å². The first-order valence-corrected chi connectivity index (χ1v) is 5.97. The highest BCUT2D eigenvalue weighted by Gasteiger charge is 2.36. The normalized spacial score (nSPS) is 11.1. The van der Waals surface area contributed by atoms with Gasteiger partial charge in [-0.05, 0) is 12.1 Å². The van der Waals surface area contributed by atoms with Gasteiger partial charge in [0.25, 0.3) is 0 Å². The van der Waals surface area contributed by atoms with Crippen molar-refractivity contribution in [3.8, 4) is 23.1 Å². The zero-order valence-corrected chi connectivity index (χ0v) is 11.6. The Bertz CT molecular complexity index is 813. The molecule has 10 heteroatoms. The van der Waals surface area contributed by atoms with Gasteiger partial charge in [-0.15, -0.1) is 0 Å². The lowest BCUT2D eigenvalue weighted by Crippen LogP contribution is -2.11. The van der Waals surface area contributed by atoms with E-state index in [-0.39, 0.29) is 28.6 Å². The van der Waals surface area contributed by atoms with Gasteiger partial charge in [0, 0.05) is 5.56 Å². The largest absolute Gasteiger partial charge is 0.493 e. The van der Waals surface area contributed by atoms with Crippen LogP contribution in [0.2, 0.25) is 0 Å². The quantitative estimate of drug-likeness (QED) is 0.819. The van der Waals surface area contributed by atoms with Crippen molar-refractivity contribution in [2.75, 3.05) is 18.6 Å². The number of nitrogens with two attached hydrogens (primary N) is 2. The Labute approximate surface area is 127 Å². The van der Waals surface area contributed by atoms with Crippen LogP contribution < -0.4 is 16.2 Å². The topological polar surface area (TPSA) is 111 Å². The molecule has 0 aliphatic carbocycles. The summed E-state index contributed by atoms with van der Waals surface area (Å²) < 4.78 is 57.1. The van der Waals surface area contributed by atoms with Crippen molar-refractivity contribution < 1.29 is 22.3 Å². The second-order valence-electron chi connectivity index (χ2n) is 4.31. The van der Waals surface area contributed by atoms with Gasteiger partial charge in [-0.2, -0.15) is 23.4 Å². The molecule has 4 N–H and O–H groups in total. The molecular weight excluding hydrogens is 318 g/mol. The molecule has 0 atom stereocenters. The van der Waals surface area contributed by atoms with E-state index in [1.54, 1.807) is 6.07 Å². The average molecular weight is 327 g/mol. The molecule has 1 aromatic heterocycles. The molecule has 2 aromatic rings. The summed E-state index contributed by atoms with van der Waals surface area (Å²) in [6, 6.07) is 3.14. The van der Waals surface area contributed by atoms with Crippen LogP contribution in [-0.4, -0.2) is 17.1 Å². The molecule has 0 amide bonds. The van der Waals surface area contributed by atoms with Crippen molar-refractivity contribution in [1.29, 1.82) is 5.26 Å². The molecule has 0 saturated carbocycles. The van der Waals surface area contributed by atoms with E-state index in [0.29, 0.717) is 6.07 Å². The van der Waals surface area contributed by atoms with Gasteiger partial charge < -0.3 is 16.2 Å². The summed E-state index contributed by atoms with van der Waals surface area (Å²) in [4.78, 5) is 7.33. The van der Waals surface area contributed by atoms with Gasteiger partial charge in [0.1, 0.15) is 17.5 Å². The predicted molar refractivity (Wildman–Crippen MR) is 72.5 cm³/mol. The van der Waals surface area contributed by atoms with Crippen LogP contribution in [-0.2, 0) is 6.18 Å². The molecule has 120 valence electrons. The zero-order chi connectivity index (χ0) is 17.4. The van der Waals surface area contributed by atoms with E-state index in [0.717, 1.165) is 13.2 Å². The van der Waals surface area contributed by atoms with Crippen molar-refractivity contribution in [3.63, 3.8) is 0 Å². The highest BCUT2D eigenvalue weighted by molar-refractivity contribution is 5.77. The first kappa shape index (κ1) is 16.3. The number of nitriles is 1. The van der Waals surface area contributed by atoms with E-state index in [9.17, 15) is 17.6 Å². The van der Waals surface area contributed by atoms with Crippen molar-refractivity contribution in [1.82, 2.24) is 9.97 Å². The minimum absolute atomic E-state index is 0.199. The molecule has 23 heavy (non-hydrogen) atoms. The monoisotopic (exact) mass is 327 g/mol. The summed E-state index contributed by atoms with van der Waals surface area (Å²) >= 11 is 0. The number of hydrogen-bond acceptors (Lipinski definition) is 6. The maximum atomic E-state index is 14.1. The maximum Gasteiger partial charge on any atom is 0.419 e. The maximum absolute atomic E-state index is 14.1. The van der Waals surface area contributed by atoms with E-state index < -0.39 is 23.3 Å². The number of rotatable bonds is 2. The fourth-order valence-electron chi connectivity index (χ4n) is 1.96. The Morgan fingerprint density at radius 2 is 1.87 bits per heavy atom. The number of ether oxygens (including phenoxy) is 1. The number of methoxy groups -OCH3 is 1. The van der Waals surface area contributed by atoms with Crippen LogP contribution in [0.5, 0.6) is 5.75 Å². The summed E-state index contributed by atoms with van der Waals surface area (Å²) in [5.74, 6) is -2.96. The summed E-state index contributed by atoms with van der Waals surface area (Å²) in [5.41, 5.74) is 8.77. The SMILES string of the molecule is COc1c(-c2nc(N)nc(N)c2C#N)ccc(C(F)(F)F)c1F. The predicted octanol–water partition coefficient (Wildman–Crippen LogP) is 2.35. The number of aromatic nitrogens is 2. The van der Waals surface area contributed by atoms with Gasteiger partial charge in [0.15, 0.2) is 11.6 Å². The Morgan fingerprint density at radius 3 is 2.39 bits per heavy atom. The Balaban J connectivity index is 2.81. The second kappa shape index (κ2) is 5.60. The fraction of sp³-hybridized carbons (Fsp3) is 0.154. The molecule has 6 nitrogen and oxygen atoms in total. The number of alkyl halides is 3. The van der Waals surface area contributed by atoms with Gasteiger partial charge in [0.2, 0.25) is 5.95 Å². The molecule has 0 spiro atoms. The first-order valence-electron chi connectivity index (χ1n) is 5.97. The number of hydrogen-bond donors (Lipinski definition) is 2. The standard InChI is InChI=1S/C13H9F4N5O/c1-23-10-5(2-3-7(8(10)14)13(15,16)17)9-6(4-18)11(19)22-12(20)21-9/h2-3H,1H3,(H4,19,20,21,22). The molecule has 0 aliphatic heterocycles. The van der Waals surface area contributed by atoms with Crippen LogP contribution in [0.3, 0.4) is 0 Å². The Hall–Kier alpha value is -3.09. The molecule has 1 heterocycles.